The maximum absolute atomic E-state index is 11.6. The standard InChI is InChI=1S/C11H7BrClNO2/c12-8-6-7(3-4-9(8)13)14-11(15)10-2-1-5-16-10/h1-6H,(H,14,15). The van der Waals surface area contributed by atoms with Crippen molar-refractivity contribution in [1.29, 1.82) is 0 Å². The normalized spacial score (nSPS) is 10.1. The van der Waals surface area contributed by atoms with Crippen molar-refractivity contribution >= 4 is 39.1 Å². The van der Waals surface area contributed by atoms with Gasteiger partial charge in [0, 0.05) is 10.2 Å². The first kappa shape index (κ1) is 11.2. The van der Waals surface area contributed by atoms with E-state index in [9.17, 15) is 4.79 Å². The van der Waals surface area contributed by atoms with E-state index < -0.39 is 0 Å². The molecule has 0 atom stereocenters. The van der Waals surface area contributed by atoms with Crippen molar-refractivity contribution in [3.05, 3.63) is 51.9 Å². The highest BCUT2D eigenvalue weighted by molar-refractivity contribution is 9.10. The fourth-order valence-electron chi connectivity index (χ4n) is 1.17. The molecule has 82 valence electrons. The predicted octanol–water partition coefficient (Wildman–Crippen LogP) is 3.95. The number of carbonyl (C=O) groups excluding carboxylic acids is 1. The Morgan fingerprint density at radius 1 is 1.38 bits per heavy atom. The van der Waals surface area contributed by atoms with Gasteiger partial charge in [-0.2, -0.15) is 0 Å². The van der Waals surface area contributed by atoms with Crippen LogP contribution in [0, 0.1) is 0 Å². The number of hydrogen-bond acceptors (Lipinski definition) is 2. The summed E-state index contributed by atoms with van der Waals surface area (Å²) in [5.74, 6) is -0.0229. The Morgan fingerprint density at radius 2 is 2.19 bits per heavy atom. The summed E-state index contributed by atoms with van der Waals surface area (Å²) in [6.45, 7) is 0. The number of halogens is 2. The lowest BCUT2D eigenvalue weighted by Gasteiger charge is -2.04. The molecule has 0 radical (unpaired) electrons. The van der Waals surface area contributed by atoms with Gasteiger partial charge in [-0.1, -0.05) is 11.6 Å². The molecule has 0 aliphatic heterocycles. The first-order valence-corrected chi connectivity index (χ1v) is 5.64. The molecule has 0 fully saturated rings. The van der Waals surface area contributed by atoms with E-state index in [0.717, 1.165) is 4.47 Å². The van der Waals surface area contributed by atoms with Crippen LogP contribution in [-0.2, 0) is 0 Å². The molecule has 3 nitrogen and oxygen atoms in total. The number of carbonyl (C=O) groups is 1. The Morgan fingerprint density at radius 3 is 2.81 bits per heavy atom. The van der Waals surface area contributed by atoms with E-state index in [1.807, 2.05) is 0 Å². The molecule has 0 aliphatic rings. The van der Waals surface area contributed by atoms with Crippen LogP contribution in [0.4, 0.5) is 5.69 Å². The molecule has 16 heavy (non-hydrogen) atoms. The number of rotatable bonds is 2. The van der Waals surface area contributed by atoms with Crippen molar-refractivity contribution in [3.63, 3.8) is 0 Å². The Bertz CT molecular complexity index is 511. The summed E-state index contributed by atoms with van der Waals surface area (Å²) in [5, 5.41) is 3.28. The van der Waals surface area contributed by atoms with E-state index >= 15 is 0 Å². The lowest BCUT2D eigenvalue weighted by molar-refractivity contribution is 0.0996. The van der Waals surface area contributed by atoms with Gasteiger partial charge in [-0.25, -0.2) is 0 Å². The van der Waals surface area contributed by atoms with Crippen molar-refractivity contribution in [3.8, 4) is 0 Å². The van der Waals surface area contributed by atoms with Crippen molar-refractivity contribution < 1.29 is 9.21 Å². The molecular weight excluding hydrogens is 293 g/mol. The topological polar surface area (TPSA) is 42.2 Å². The Labute approximate surface area is 106 Å². The molecule has 1 aromatic carbocycles. The zero-order valence-electron chi connectivity index (χ0n) is 8.04. The summed E-state index contributed by atoms with van der Waals surface area (Å²) < 4.78 is 5.70. The van der Waals surface area contributed by atoms with E-state index in [1.54, 1.807) is 30.3 Å². The summed E-state index contributed by atoms with van der Waals surface area (Å²) >= 11 is 9.12. The summed E-state index contributed by atoms with van der Waals surface area (Å²) in [6, 6.07) is 8.40. The maximum Gasteiger partial charge on any atom is 0.291 e. The summed E-state index contributed by atoms with van der Waals surface area (Å²) in [7, 11) is 0. The number of benzene rings is 1. The molecule has 5 heteroatoms. The lowest BCUT2D eigenvalue weighted by Crippen LogP contribution is -2.10. The fourth-order valence-corrected chi connectivity index (χ4v) is 1.67. The minimum absolute atomic E-state index is 0.270. The van der Waals surface area contributed by atoms with Crippen molar-refractivity contribution in [1.82, 2.24) is 0 Å². The summed E-state index contributed by atoms with van der Waals surface area (Å²) in [4.78, 5) is 11.6. The second-order valence-corrected chi connectivity index (χ2v) is 4.32. The summed E-state index contributed by atoms with van der Waals surface area (Å²) in [5.41, 5.74) is 0.651. The third-order valence-electron chi connectivity index (χ3n) is 1.92. The molecule has 1 heterocycles. The van der Waals surface area contributed by atoms with Gasteiger partial charge in [0.15, 0.2) is 5.76 Å². The van der Waals surface area contributed by atoms with E-state index in [2.05, 4.69) is 21.2 Å². The van der Waals surface area contributed by atoms with Gasteiger partial charge >= 0.3 is 0 Å². The number of furan rings is 1. The first-order chi connectivity index (χ1) is 7.66. The van der Waals surface area contributed by atoms with E-state index in [-0.39, 0.29) is 11.7 Å². The van der Waals surface area contributed by atoms with Crippen LogP contribution in [0.25, 0.3) is 0 Å². The third kappa shape index (κ3) is 2.46. The van der Waals surface area contributed by atoms with E-state index in [1.165, 1.54) is 6.26 Å². The van der Waals surface area contributed by atoms with Crippen LogP contribution in [-0.4, -0.2) is 5.91 Å². The number of anilines is 1. The molecule has 2 aromatic rings. The predicted molar refractivity (Wildman–Crippen MR) is 65.8 cm³/mol. The van der Waals surface area contributed by atoms with Crippen LogP contribution < -0.4 is 5.32 Å². The van der Waals surface area contributed by atoms with Gasteiger partial charge in [-0.3, -0.25) is 4.79 Å². The SMILES string of the molecule is O=C(Nc1ccc(Cl)c(Br)c1)c1ccco1. The average Bonchev–Trinajstić information content (AvgIpc) is 2.77. The van der Waals surface area contributed by atoms with Crippen LogP contribution in [0.2, 0.25) is 5.02 Å². The average molecular weight is 301 g/mol. The molecule has 1 N–H and O–H groups in total. The largest absolute Gasteiger partial charge is 0.459 e. The zero-order chi connectivity index (χ0) is 11.5. The molecule has 0 unspecified atom stereocenters. The smallest absolute Gasteiger partial charge is 0.291 e. The molecule has 1 amide bonds. The van der Waals surface area contributed by atoms with Crippen LogP contribution in [0.1, 0.15) is 10.6 Å². The van der Waals surface area contributed by atoms with Crippen LogP contribution in [0.3, 0.4) is 0 Å². The van der Waals surface area contributed by atoms with Gasteiger partial charge in [0.1, 0.15) is 0 Å². The Hall–Kier alpha value is -1.26. The zero-order valence-corrected chi connectivity index (χ0v) is 10.4. The van der Waals surface area contributed by atoms with Gasteiger partial charge in [-0.15, -0.1) is 0 Å². The van der Waals surface area contributed by atoms with Gasteiger partial charge in [0.25, 0.3) is 5.91 Å². The molecule has 0 bridgehead atoms. The highest BCUT2D eigenvalue weighted by atomic mass is 79.9. The number of hydrogen-bond donors (Lipinski definition) is 1. The molecule has 0 saturated heterocycles. The molecule has 2 rings (SSSR count). The van der Waals surface area contributed by atoms with Crippen molar-refractivity contribution in [2.24, 2.45) is 0 Å². The quantitative estimate of drug-likeness (QED) is 0.912. The maximum atomic E-state index is 11.6. The van der Waals surface area contributed by atoms with Crippen LogP contribution in [0.5, 0.6) is 0 Å². The minimum atomic E-state index is -0.292. The molecular formula is C11H7BrClNO2. The second-order valence-electron chi connectivity index (χ2n) is 3.06. The van der Waals surface area contributed by atoms with Crippen LogP contribution in [0.15, 0.2) is 45.5 Å². The highest BCUT2D eigenvalue weighted by Crippen LogP contribution is 2.25. The minimum Gasteiger partial charge on any atom is -0.459 e. The van der Waals surface area contributed by atoms with E-state index in [4.69, 9.17) is 16.0 Å². The Kier molecular flexibility index (Phi) is 3.31. The van der Waals surface area contributed by atoms with Gasteiger partial charge in [0.05, 0.1) is 11.3 Å². The summed E-state index contributed by atoms with van der Waals surface area (Å²) in [6.07, 6.45) is 1.45. The van der Waals surface area contributed by atoms with Gasteiger partial charge in [0.2, 0.25) is 0 Å². The second kappa shape index (κ2) is 4.72. The molecule has 0 aliphatic carbocycles. The van der Waals surface area contributed by atoms with Crippen molar-refractivity contribution in [2.45, 2.75) is 0 Å². The van der Waals surface area contributed by atoms with Gasteiger partial charge < -0.3 is 9.73 Å². The lowest BCUT2D eigenvalue weighted by atomic mass is 10.3. The van der Waals surface area contributed by atoms with Gasteiger partial charge in [-0.05, 0) is 46.3 Å². The van der Waals surface area contributed by atoms with Crippen molar-refractivity contribution in [2.75, 3.05) is 5.32 Å². The molecule has 0 spiro atoms. The highest BCUT2D eigenvalue weighted by Gasteiger charge is 2.09. The molecule has 0 saturated carbocycles. The first-order valence-electron chi connectivity index (χ1n) is 4.47. The Balaban J connectivity index is 2.15. The number of nitrogens with one attached hydrogen (secondary N) is 1. The number of amides is 1. The van der Waals surface area contributed by atoms with Crippen LogP contribution >= 0.6 is 27.5 Å². The fraction of sp³-hybridized carbons (Fsp3) is 0. The third-order valence-corrected chi connectivity index (χ3v) is 3.14. The monoisotopic (exact) mass is 299 g/mol. The van der Waals surface area contributed by atoms with E-state index in [0.29, 0.717) is 10.7 Å². The molecule has 1 aromatic heterocycles.